The van der Waals surface area contributed by atoms with Crippen molar-refractivity contribution in [2.24, 2.45) is 0 Å². The molecule has 8 aromatic rings. The quantitative estimate of drug-likeness (QED) is 0.216. The van der Waals surface area contributed by atoms with Crippen LogP contribution in [0.2, 0.25) is 0 Å². The lowest BCUT2D eigenvalue weighted by Crippen LogP contribution is -1.93. The van der Waals surface area contributed by atoms with Crippen LogP contribution in [0.1, 0.15) is 11.1 Å². The summed E-state index contributed by atoms with van der Waals surface area (Å²) in [6.45, 7) is 4.29. The zero-order valence-electron chi connectivity index (χ0n) is 22.6. The van der Waals surface area contributed by atoms with Crippen molar-refractivity contribution in [1.82, 2.24) is 4.98 Å². The van der Waals surface area contributed by atoms with E-state index in [1.54, 1.807) is 0 Å². The standard InChI is InChI=1S/C39H27N/c1-24-7-11-26(12-8-24)31-17-15-28-16-18-33-35(27-13-9-25(2)10-14-27)22-36(34-20-19-32(31)38(28)39(33)34)30-21-29-5-3-4-6-37(29)40-23-30/h3-23H,1-2H3. The number of aryl methyl sites for hydroxylation is 2. The van der Waals surface area contributed by atoms with E-state index in [-0.39, 0.29) is 0 Å². The van der Waals surface area contributed by atoms with Crippen LogP contribution in [0.4, 0.5) is 0 Å². The SMILES string of the molecule is Cc1ccc(-c2ccc3ccc4c(-c5ccc(C)cc5)cc(-c5cnc6ccccc6c5)c5ccc2c3c45)cc1. The maximum absolute atomic E-state index is 4.84. The lowest BCUT2D eigenvalue weighted by atomic mass is 9.84. The van der Waals surface area contributed by atoms with Gasteiger partial charge in [0.2, 0.25) is 0 Å². The van der Waals surface area contributed by atoms with Crippen LogP contribution in [0.5, 0.6) is 0 Å². The summed E-state index contributed by atoms with van der Waals surface area (Å²) in [5.74, 6) is 0. The van der Waals surface area contributed by atoms with E-state index in [0.29, 0.717) is 0 Å². The van der Waals surface area contributed by atoms with Crippen molar-refractivity contribution in [3.05, 3.63) is 139 Å². The largest absolute Gasteiger partial charge is 0.256 e. The number of pyridine rings is 1. The maximum Gasteiger partial charge on any atom is 0.0702 e. The van der Waals surface area contributed by atoms with E-state index < -0.39 is 0 Å². The predicted octanol–water partition coefficient (Wildman–Crippen LogP) is 10.8. The molecule has 0 saturated heterocycles. The molecule has 1 heterocycles. The Morgan fingerprint density at radius 2 is 1.00 bits per heavy atom. The fourth-order valence-corrected chi connectivity index (χ4v) is 6.31. The van der Waals surface area contributed by atoms with Gasteiger partial charge in [-0.3, -0.25) is 4.98 Å². The second kappa shape index (κ2) is 8.76. The Hall–Kier alpha value is -5.01. The molecule has 1 aromatic heterocycles. The number of benzene rings is 7. The molecule has 188 valence electrons. The predicted molar refractivity (Wildman–Crippen MR) is 171 cm³/mol. The van der Waals surface area contributed by atoms with Crippen LogP contribution in [-0.4, -0.2) is 4.98 Å². The minimum Gasteiger partial charge on any atom is -0.256 e. The number of para-hydroxylation sites is 1. The zero-order chi connectivity index (χ0) is 26.8. The Bertz CT molecular complexity index is 2200. The van der Waals surface area contributed by atoms with Gasteiger partial charge < -0.3 is 0 Å². The van der Waals surface area contributed by atoms with Crippen molar-refractivity contribution in [1.29, 1.82) is 0 Å². The van der Waals surface area contributed by atoms with Crippen molar-refractivity contribution in [2.75, 3.05) is 0 Å². The number of hydrogen-bond acceptors (Lipinski definition) is 1. The molecule has 0 amide bonds. The van der Waals surface area contributed by atoms with Gasteiger partial charge in [0, 0.05) is 17.1 Å². The van der Waals surface area contributed by atoms with Crippen LogP contribution < -0.4 is 0 Å². The third-order valence-corrected chi connectivity index (χ3v) is 8.41. The number of aromatic nitrogens is 1. The van der Waals surface area contributed by atoms with E-state index in [4.69, 9.17) is 4.98 Å². The smallest absolute Gasteiger partial charge is 0.0702 e. The van der Waals surface area contributed by atoms with Gasteiger partial charge in [0.15, 0.2) is 0 Å². The van der Waals surface area contributed by atoms with E-state index in [1.165, 1.54) is 71.3 Å². The van der Waals surface area contributed by atoms with Gasteiger partial charge in [0.1, 0.15) is 0 Å². The molecule has 8 rings (SSSR count). The van der Waals surface area contributed by atoms with Crippen LogP contribution in [0, 0.1) is 13.8 Å². The summed E-state index contributed by atoms with van der Waals surface area (Å²) >= 11 is 0. The molecule has 7 aromatic carbocycles. The van der Waals surface area contributed by atoms with Gasteiger partial charge in [-0.15, -0.1) is 0 Å². The first-order valence-electron chi connectivity index (χ1n) is 13.9. The Balaban J connectivity index is 1.51. The summed E-state index contributed by atoms with van der Waals surface area (Å²) in [6, 6.07) is 44.6. The van der Waals surface area contributed by atoms with Gasteiger partial charge in [0.05, 0.1) is 5.52 Å². The third kappa shape index (κ3) is 3.52. The first kappa shape index (κ1) is 22.9. The average molecular weight is 510 g/mol. The molecule has 0 unspecified atom stereocenters. The summed E-state index contributed by atoms with van der Waals surface area (Å²) < 4.78 is 0. The Kier molecular flexibility index (Phi) is 5.02. The molecule has 0 aliphatic rings. The number of rotatable bonds is 3. The fraction of sp³-hybridized carbons (Fsp3) is 0.0513. The molecule has 0 fully saturated rings. The third-order valence-electron chi connectivity index (χ3n) is 8.41. The molecule has 1 heteroatoms. The summed E-state index contributed by atoms with van der Waals surface area (Å²) in [7, 11) is 0. The maximum atomic E-state index is 4.84. The first-order valence-corrected chi connectivity index (χ1v) is 13.9. The van der Waals surface area contributed by atoms with Crippen LogP contribution in [0.3, 0.4) is 0 Å². The molecular formula is C39H27N. The molecule has 0 atom stereocenters. The number of hydrogen-bond donors (Lipinski definition) is 0. The number of fused-ring (bicyclic) bond motifs is 1. The van der Waals surface area contributed by atoms with Crippen molar-refractivity contribution in [3.63, 3.8) is 0 Å². The molecular weight excluding hydrogens is 482 g/mol. The van der Waals surface area contributed by atoms with E-state index in [1.807, 2.05) is 12.3 Å². The van der Waals surface area contributed by atoms with E-state index in [2.05, 4.69) is 129 Å². The second-order valence-electron chi connectivity index (χ2n) is 11.0. The highest BCUT2D eigenvalue weighted by atomic mass is 14.6. The molecule has 40 heavy (non-hydrogen) atoms. The highest BCUT2D eigenvalue weighted by molar-refractivity contribution is 6.30. The monoisotopic (exact) mass is 509 g/mol. The Morgan fingerprint density at radius 3 is 1.73 bits per heavy atom. The fourth-order valence-electron chi connectivity index (χ4n) is 6.31. The van der Waals surface area contributed by atoms with Gasteiger partial charge in [-0.2, -0.15) is 0 Å². The summed E-state index contributed by atoms with van der Waals surface area (Å²) in [6.07, 6.45) is 2.03. The van der Waals surface area contributed by atoms with E-state index in [9.17, 15) is 0 Å². The van der Waals surface area contributed by atoms with Crippen molar-refractivity contribution >= 4 is 43.2 Å². The van der Waals surface area contributed by atoms with Crippen molar-refractivity contribution in [2.45, 2.75) is 13.8 Å². The molecule has 0 N–H and O–H groups in total. The molecule has 0 spiro atoms. The van der Waals surface area contributed by atoms with Crippen LogP contribution in [-0.2, 0) is 0 Å². The molecule has 0 saturated carbocycles. The highest BCUT2D eigenvalue weighted by Crippen LogP contribution is 2.46. The normalized spacial score (nSPS) is 11.8. The lowest BCUT2D eigenvalue weighted by Gasteiger charge is -2.19. The van der Waals surface area contributed by atoms with E-state index >= 15 is 0 Å². The minimum absolute atomic E-state index is 1.02. The summed E-state index contributed by atoms with van der Waals surface area (Å²) in [4.78, 5) is 4.84. The minimum atomic E-state index is 1.02. The molecule has 0 radical (unpaired) electrons. The van der Waals surface area contributed by atoms with Gasteiger partial charge in [-0.25, -0.2) is 0 Å². The zero-order valence-corrected chi connectivity index (χ0v) is 22.6. The van der Waals surface area contributed by atoms with Gasteiger partial charge in [-0.05, 0) is 92.2 Å². The van der Waals surface area contributed by atoms with Crippen LogP contribution >= 0.6 is 0 Å². The van der Waals surface area contributed by atoms with Gasteiger partial charge in [-0.1, -0.05) is 114 Å². The van der Waals surface area contributed by atoms with Crippen LogP contribution in [0.15, 0.2) is 128 Å². The molecule has 0 bridgehead atoms. The lowest BCUT2D eigenvalue weighted by molar-refractivity contribution is 1.41. The summed E-state index contributed by atoms with van der Waals surface area (Å²) in [5.41, 5.74) is 10.9. The topological polar surface area (TPSA) is 12.9 Å². The summed E-state index contributed by atoms with van der Waals surface area (Å²) in [5, 5.41) is 8.93. The second-order valence-corrected chi connectivity index (χ2v) is 11.0. The highest BCUT2D eigenvalue weighted by Gasteiger charge is 2.18. The van der Waals surface area contributed by atoms with Crippen molar-refractivity contribution < 1.29 is 0 Å². The Labute approximate surface area is 233 Å². The molecule has 0 aliphatic heterocycles. The number of nitrogens with zero attached hydrogens (tertiary/aromatic N) is 1. The van der Waals surface area contributed by atoms with Crippen molar-refractivity contribution in [3.8, 4) is 33.4 Å². The average Bonchev–Trinajstić information content (AvgIpc) is 3.00. The first-order chi connectivity index (χ1) is 19.6. The molecule has 0 aliphatic carbocycles. The van der Waals surface area contributed by atoms with Gasteiger partial charge in [0.25, 0.3) is 0 Å². The molecule has 1 nitrogen and oxygen atoms in total. The van der Waals surface area contributed by atoms with Gasteiger partial charge >= 0.3 is 0 Å². The Morgan fingerprint density at radius 1 is 0.425 bits per heavy atom. The van der Waals surface area contributed by atoms with Crippen LogP contribution in [0.25, 0.3) is 76.6 Å². The van der Waals surface area contributed by atoms with E-state index in [0.717, 1.165) is 16.5 Å².